The van der Waals surface area contributed by atoms with Gasteiger partial charge in [-0.15, -0.1) is 0 Å². The molecule has 0 saturated carbocycles. The molecule has 0 atom stereocenters. The van der Waals surface area contributed by atoms with E-state index in [1.165, 1.54) is 12.1 Å². The fourth-order valence-corrected chi connectivity index (χ4v) is 3.22. The van der Waals surface area contributed by atoms with Crippen LogP contribution in [0.1, 0.15) is 19.4 Å². The quantitative estimate of drug-likeness (QED) is 0.747. The molecule has 2 aromatic carbocycles. The van der Waals surface area contributed by atoms with Gasteiger partial charge in [-0.05, 0) is 43.7 Å². The summed E-state index contributed by atoms with van der Waals surface area (Å²) in [5.41, 5.74) is 1.05. The zero-order valence-corrected chi connectivity index (χ0v) is 16.3. The van der Waals surface area contributed by atoms with Crippen molar-refractivity contribution in [2.24, 2.45) is 0 Å². The summed E-state index contributed by atoms with van der Waals surface area (Å²) in [4.78, 5) is 12.3. The van der Waals surface area contributed by atoms with Gasteiger partial charge in [0.2, 0.25) is 15.9 Å². The van der Waals surface area contributed by atoms with E-state index in [1.807, 2.05) is 13.8 Å². The molecule has 0 fully saturated rings. The maximum Gasteiger partial charge on any atom is 0.241 e. The number of nitrogens with zero attached hydrogens (tertiary/aromatic N) is 1. The first-order valence-electron chi connectivity index (χ1n) is 8.41. The van der Waals surface area contributed by atoms with Gasteiger partial charge in [0, 0.05) is 12.6 Å². The number of ether oxygens (including phenoxy) is 1. The van der Waals surface area contributed by atoms with E-state index >= 15 is 0 Å². The van der Waals surface area contributed by atoms with Crippen molar-refractivity contribution in [3.63, 3.8) is 0 Å². The number of carbonyl (C=O) groups excluding carboxylic acids is 1. The van der Waals surface area contributed by atoms with E-state index in [0.717, 1.165) is 10.6 Å². The fraction of sp³-hybridized carbons (Fsp3) is 0.316. The summed E-state index contributed by atoms with van der Waals surface area (Å²) in [5, 5.41) is 2.64. The largest absolute Gasteiger partial charge is 0.491 e. The number of sulfonamides is 1. The average Bonchev–Trinajstić information content (AvgIpc) is 2.58. The number of anilines is 1. The van der Waals surface area contributed by atoms with Crippen molar-refractivity contribution in [3.8, 4) is 5.75 Å². The lowest BCUT2D eigenvalue weighted by atomic mass is 10.2. The van der Waals surface area contributed by atoms with Crippen molar-refractivity contribution in [2.75, 3.05) is 17.1 Å². The minimum atomic E-state index is -3.68. The molecule has 0 aliphatic carbocycles. The van der Waals surface area contributed by atoms with Gasteiger partial charge in [0.25, 0.3) is 0 Å². The normalized spacial score (nSPS) is 11.3. The molecule has 0 saturated heterocycles. The predicted molar refractivity (Wildman–Crippen MR) is 103 cm³/mol. The summed E-state index contributed by atoms with van der Waals surface area (Å²) < 4.78 is 43.9. The van der Waals surface area contributed by atoms with E-state index in [2.05, 4.69) is 5.32 Å². The molecule has 6 nitrogen and oxygen atoms in total. The molecule has 0 aliphatic heterocycles. The molecular weight excluding hydrogens is 371 g/mol. The van der Waals surface area contributed by atoms with Crippen LogP contribution in [0.25, 0.3) is 0 Å². The van der Waals surface area contributed by atoms with E-state index in [-0.39, 0.29) is 25.0 Å². The van der Waals surface area contributed by atoms with Gasteiger partial charge in [-0.1, -0.05) is 18.2 Å². The third kappa shape index (κ3) is 6.56. The molecule has 0 spiro atoms. The van der Waals surface area contributed by atoms with Crippen LogP contribution >= 0.6 is 0 Å². The number of carbonyl (C=O) groups is 1. The van der Waals surface area contributed by atoms with Gasteiger partial charge in [0.05, 0.1) is 18.0 Å². The summed E-state index contributed by atoms with van der Waals surface area (Å²) in [6.45, 7) is 3.53. The van der Waals surface area contributed by atoms with E-state index in [4.69, 9.17) is 4.74 Å². The second-order valence-corrected chi connectivity index (χ2v) is 8.24. The van der Waals surface area contributed by atoms with Crippen LogP contribution in [0.2, 0.25) is 0 Å². The number of amides is 1. The van der Waals surface area contributed by atoms with Gasteiger partial charge in [-0.25, -0.2) is 12.8 Å². The first-order valence-corrected chi connectivity index (χ1v) is 10.3. The summed E-state index contributed by atoms with van der Waals surface area (Å²) in [5.74, 6) is -0.320. The topological polar surface area (TPSA) is 75.7 Å². The van der Waals surface area contributed by atoms with Gasteiger partial charge in [0.1, 0.15) is 18.1 Å². The monoisotopic (exact) mass is 394 g/mol. The van der Waals surface area contributed by atoms with Gasteiger partial charge < -0.3 is 10.1 Å². The molecular formula is C19H23FN2O4S. The number of rotatable bonds is 8. The van der Waals surface area contributed by atoms with Gasteiger partial charge in [0.15, 0.2) is 0 Å². The van der Waals surface area contributed by atoms with Crippen LogP contribution in [0.4, 0.5) is 10.1 Å². The SMILES string of the molecule is CC(C)Oc1cccc(N(CC(=O)NCc2ccc(F)cc2)S(C)(=O)=O)c1. The van der Waals surface area contributed by atoms with Crippen molar-refractivity contribution >= 4 is 21.6 Å². The molecule has 1 amide bonds. The number of halogens is 1. The lowest BCUT2D eigenvalue weighted by molar-refractivity contribution is -0.119. The van der Waals surface area contributed by atoms with Crippen molar-refractivity contribution in [1.29, 1.82) is 0 Å². The van der Waals surface area contributed by atoms with Crippen LogP contribution in [0.3, 0.4) is 0 Å². The van der Waals surface area contributed by atoms with Gasteiger partial charge in [-0.2, -0.15) is 0 Å². The predicted octanol–water partition coefficient (Wildman–Crippen LogP) is 2.70. The fourth-order valence-electron chi connectivity index (χ4n) is 2.37. The molecule has 2 rings (SSSR count). The van der Waals surface area contributed by atoms with E-state index < -0.39 is 15.9 Å². The minimum absolute atomic E-state index is 0.0639. The Morgan fingerprint density at radius 1 is 1.19 bits per heavy atom. The lowest BCUT2D eigenvalue weighted by Crippen LogP contribution is -2.40. The van der Waals surface area contributed by atoms with E-state index in [0.29, 0.717) is 17.0 Å². The highest BCUT2D eigenvalue weighted by atomic mass is 32.2. The Kier molecular flexibility index (Phi) is 6.79. The molecule has 146 valence electrons. The molecule has 0 radical (unpaired) electrons. The first kappa shape index (κ1) is 20.7. The summed E-state index contributed by atoms with van der Waals surface area (Å²) in [6.07, 6.45) is 0.974. The van der Waals surface area contributed by atoms with Crippen molar-refractivity contribution in [3.05, 3.63) is 59.9 Å². The maximum atomic E-state index is 12.9. The standard InChI is InChI=1S/C19H23FN2O4S/c1-14(2)26-18-6-4-5-17(11-18)22(27(3,24)25)13-19(23)21-12-15-7-9-16(20)10-8-15/h4-11,14H,12-13H2,1-3H3,(H,21,23). The Labute approximate surface area is 159 Å². The molecule has 0 unspecified atom stereocenters. The Morgan fingerprint density at radius 2 is 1.85 bits per heavy atom. The molecule has 0 aromatic heterocycles. The zero-order valence-electron chi connectivity index (χ0n) is 15.5. The Balaban J connectivity index is 2.10. The zero-order chi connectivity index (χ0) is 20.0. The highest BCUT2D eigenvalue weighted by Crippen LogP contribution is 2.23. The maximum absolute atomic E-state index is 12.9. The van der Waals surface area contributed by atoms with Gasteiger partial charge in [-0.3, -0.25) is 9.10 Å². The molecule has 1 N–H and O–H groups in total. The Hall–Kier alpha value is -2.61. The number of benzene rings is 2. The van der Waals surface area contributed by atoms with E-state index in [1.54, 1.807) is 36.4 Å². The molecule has 2 aromatic rings. The smallest absolute Gasteiger partial charge is 0.241 e. The van der Waals surface area contributed by atoms with Crippen molar-refractivity contribution in [2.45, 2.75) is 26.5 Å². The van der Waals surface area contributed by atoms with Crippen LogP contribution in [0.5, 0.6) is 5.75 Å². The molecule has 27 heavy (non-hydrogen) atoms. The van der Waals surface area contributed by atoms with Crippen molar-refractivity contribution < 1.29 is 22.3 Å². The Bertz CT molecular complexity index is 883. The number of hydrogen-bond acceptors (Lipinski definition) is 4. The second-order valence-electron chi connectivity index (χ2n) is 6.34. The summed E-state index contributed by atoms with van der Waals surface area (Å²) in [7, 11) is -3.68. The van der Waals surface area contributed by atoms with Crippen molar-refractivity contribution in [1.82, 2.24) is 5.32 Å². The highest BCUT2D eigenvalue weighted by molar-refractivity contribution is 7.92. The summed E-state index contributed by atoms with van der Waals surface area (Å²) in [6, 6.07) is 12.3. The van der Waals surface area contributed by atoms with Crippen LogP contribution in [-0.2, 0) is 21.4 Å². The highest BCUT2D eigenvalue weighted by Gasteiger charge is 2.21. The third-order valence-corrected chi connectivity index (χ3v) is 4.71. The molecule has 0 aliphatic rings. The molecule has 0 bridgehead atoms. The average molecular weight is 394 g/mol. The van der Waals surface area contributed by atoms with Crippen LogP contribution < -0.4 is 14.4 Å². The van der Waals surface area contributed by atoms with E-state index in [9.17, 15) is 17.6 Å². The first-order chi connectivity index (χ1) is 12.6. The third-order valence-electron chi connectivity index (χ3n) is 3.57. The van der Waals surface area contributed by atoms with Crippen LogP contribution in [-0.4, -0.2) is 33.2 Å². The van der Waals surface area contributed by atoms with Crippen LogP contribution in [0, 0.1) is 5.82 Å². The molecule has 8 heteroatoms. The number of nitrogens with one attached hydrogen (secondary N) is 1. The number of hydrogen-bond donors (Lipinski definition) is 1. The minimum Gasteiger partial charge on any atom is -0.491 e. The van der Waals surface area contributed by atoms with Gasteiger partial charge >= 0.3 is 0 Å². The molecule has 0 heterocycles. The summed E-state index contributed by atoms with van der Waals surface area (Å²) >= 11 is 0. The Morgan fingerprint density at radius 3 is 2.44 bits per heavy atom. The van der Waals surface area contributed by atoms with Crippen LogP contribution in [0.15, 0.2) is 48.5 Å². The second kappa shape index (κ2) is 8.85. The lowest BCUT2D eigenvalue weighted by Gasteiger charge is -2.22.